The van der Waals surface area contributed by atoms with E-state index in [2.05, 4.69) is 21.2 Å². The predicted octanol–water partition coefficient (Wildman–Crippen LogP) is 4.95. The molecule has 1 N–H and O–H groups in total. The maximum atomic E-state index is 12.7. The number of nitriles is 1. The van der Waals surface area contributed by atoms with Crippen molar-refractivity contribution in [1.82, 2.24) is 0 Å². The predicted molar refractivity (Wildman–Crippen MR) is 126 cm³/mol. The van der Waals surface area contributed by atoms with Crippen molar-refractivity contribution in [1.29, 1.82) is 5.26 Å². The lowest BCUT2D eigenvalue weighted by atomic mass is 10.1. The number of amides is 1. The molecule has 2 aromatic carbocycles. The van der Waals surface area contributed by atoms with Crippen LogP contribution in [0.3, 0.4) is 0 Å². The minimum absolute atomic E-state index is 0.0748. The average molecular weight is 501 g/mol. The molecule has 8 heteroatoms. The monoisotopic (exact) mass is 500 g/mol. The maximum absolute atomic E-state index is 12.7. The number of anilines is 1. The molecule has 2 rings (SSSR count). The van der Waals surface area contributed by atoms with Crippen LogP contribution in [0, 0.1) is 25.2 Å². The van der Waals surface area contributed by atoms with Gasteiger partial charge in [0, 0.05) is 10.2 Å². The highest BCUT2D eigenvalue weighted by Gasteiger charge is 2.16. The van der Waals surface area contributed by atoms with E-state index in [1.54, 1.807) is 25.1 Å². The number of ether oxygens (including phenoxy) is 3. The number of halogens is 1. The van der Waals surface area contributed by atoms with E-state index in [0.29, 0.717) is 33.8 Å². The quantitative estimate of drug-likeness (QED) is 0.297. The summed E-state index contributed by atoms with van der Waals surface area (Å²) in [5.74, 6) is -0.306. The number of hydrogen-bond acceptors (Lipinski definition) is 6. The molecule has 0 radical (unpaired) electrons. The Labute approximate surface area is 196 Å². The van der Waals surface area contributed by atoms with Gasteiger partial charge in [0.15, 0.2) is 18.1 Å². The number of benzene rings is 2. The molecule has 168 valence electrons. The van der Waals surface area contributed by atoms with Gasteiger partial charge in [0.2, 0.25) is 0 Å². The number of rotatable bonds is 9. The van der Waals surface area contributed by atoms with E-state index >= 15 is 0 Å². The van der Waals surface area contributed by atoms with E-state index < -0.39 is 11.9 Å². The molecule has 0 fully saturated rings. The number of nitrogens with zero attached hydrogens (tertiary/aromatic N) is 1. The van der Waals surface area contributed by atoms with Crippen molar-refractivity contribution < 1.29 is 23.8 Å². The van der Waals surface area contributed by atoms with Crippen LogP contribution in [0.15, 0.2) is 40.4 Å². The van der Waals surface area contributed by atoms with Crippen LogP contribution < -0.4 is 14.8 Å². The average Bonchev–Trinajstić information content (AvgIpc) is 2.76. The number of carbonyl (C=O) groups is 2. The highest BCUT2D eigenvalue weighted by atomic mass is 79.9. The van der Waals surface area contributed by atoms with Gasteiger partial charge in [-0.15, -0.1) is 0 Å². The van der Waals surface area contributed by atoms with Crippen molar-refractivity contribution in [3.8, 4) is 17.6 Å². The molecule has 0 aliphatic heterocycles. The lowest BCUT2D eigenvalue weighted by Crippen LogP contribution is -2.15. The Balaban J connectivity index is 2.32. The van der Waals surface area contributed by atoms with E-state index in [1.165, 1.54) is 6.08 Å². The van der Waals surface area contributed by atoms with Crippen molar-refractivity contribution in [2.24, 2.45) is 0 Å². The third-order valence-corrected chi connectivity index (χ3v) is 5.22. The highest BCUT2D eigenvalue weighted by Crippen LogP contribution is 2.35. The summed E-state index contributed by atoms with van der Waals surface area (Å²) in [6.07, 6.45) is 1.46. The Kier molecular flexibility index (Phi) is 9.29. The van der Waals surface area contributed by atoms with E-state index in [4.69, 9.17) is 14.2 Å². The Morgan fingerprint density at radius 2 is 1.84 bits per heavy atom. The van der Waals surface area contributed by atoms with Gasteiger partial charge in [0.25, 0.3) is 5.91 Å². The fourth-order valence-corrected chi connectivity index (χ4v) is 3.20. The minimum atomic E-state index is -0.520. The van der Waals surface area contributed by atoms with Crippen LogP contribution >= 0.6 is 15.9 Å². The molecule has 1 amide bonds. The number of aryl methyl sites for hydroxylation is 1. The Hall–Kier alpha value is -3.31. The van der Waals surface area contributed by atoms with E-state index in [0.717, 1.165) is 11.1 Å². The molecule has 0 atom stereocenters. The molecule has 0 aliphatic carbocycles. The van der Waals surface area contributed by atoms with Gasteiger partial charge in [-0.3, -0.25) is 4.79 Å². The summed E-state index contributed by atoms with van der Waals surface area (Å²) >= 11 is 3.43. The number of esters is 1. The van der Waals surface area contributed by atoms with E-state index in [1.807, 2.05) is 39.0 Å². The second-order valence-electron chi connectivity index (χ2n) is 6.72. The summed E-state index contributed by atoms with van der Waals surface area (Å²) < 4.78 is 16.6. The molecule has 0 heterocycles. The minimum Gasteiger partial charge on any atom is -0.490 e. The van der Waals surface area contributed by atoms with Crippen LogP contribution in [-0.2, 0) is 14.3 Å². The summed E-state index contributed by atoms with van der Waals surface area (Å²) in [4.78, 5) is 24.3. The molecular formula is C24H25BrN2O5. The van der Waals surface area contributed by atoms with Crippen LogP contribution in [0.4, 0.5) is 5.69 Å². The first-order chi connectivity index (χ1) is 15.3. The molecule has 0 saturated heterocycles. The first-order valence-electron chi connectivity index (χ1n) is 10.0. The fourth-order valence-electron chi connectivity index (χ4n) is 2.76. The van der Waals surface area contributed by atoms with Gasteiger partial charge >= 0.3 is 5.97 Å². The van der Waals surface area contributed by atoms with E-state index in [-0.39, 0.29) is 18.8 Å². The van der Waals surface area contributed by atoms with Gasteiger partial charge in [0.1, 0.15) is 11.6 Å². The van der Waals surface area contributed by atoms with Crippen molar-refractivity contribution in [3.63, 3.8) is 0 Å². The molecule has 0 aromatic heterocycles. The van der Waals surface area contributed by atoms with E-state index in [9.17, 15) is 14.9 Å². The van der Waals surface area contributed by atoms with Gasteiger partial charge < -0.3 is 19.5 Å². The van der Waals surface area contributed by atoms with Crippen LogP contribution in [0.5, 0.6) is 11.5 Å². The van der Waals surface area contributed by atoms with Crippen LogP contribution in [0.2, 0.25) is 0 Å². The first-order valence-corrected chi connectivity index (χ1v) is 10.8. The Morgan fingerprint density at radius 3 is 2.50 bits per heavy atom. The van der Waals surface area contributed by atoms with Gasteiger partial charge in [0.05, 0.1) is 13.2 Å². The lowest BCUT2D eigenvalue weighted by Gasteiger charge is -2.14. The number of nitrogens with one attached hydrogen (secondary N) is 1. The van der Waals surface area contributed by atoms with Gasteiger partial charge in [-0.1, -0.05) is 28.1 Å². The van der Waals surface area contributed by atoms with Crippen molar-refractivity contribution >= 4 is 39.6 Å². The van der Waals surface area contributed by atoms with Gasteiger partial charge in [-0.05, 0) is 68.7 Å². The van der Waals surface area contributed by atoms with Gasteiger partial charge in [-0.25, -0.2) is 4.79 Å². The smallest absolute Gasteiger partial charge is 0.344 e. The lowest BCUT2D eigenvalue weighted by molar-refractivity contribution is -0.145. The summed E-state index contributed by atoms with van der Waals surface area (Å²) in [6.45, 7) is 7.73. The Morgan fingerprint density at radius 1 is 1.12 bits per heavy atom. The third-order valence-electron chi connectivity index (χ3n) is 4.53. The topological polar surface area (TPSA) is 97.7 Å². The second kappa shape index (κ2) is 11.9. The second-order valence-corrected chi connectivity index (χ2v) is 7.57. The van der Waals surface area contributed by atoms with Crippen LogP contribution in [-0.4, -0.2) is 31.7 Å². The van der Waals surface area contributed by atoms with Crippen molar-refractivity contribution in [2.75, 3.05) is 25.1 Å². The molecule has 0 unspecified atom stereocenters. The normalized spacial score (nSPS) is 10.8. The van der Waals surface area contributed by atoms with Gasteiger partial charge in [-0.2, -0.15) is 5.26 Å². The molecule has 0 spiro atoms. The molecule has 32 heavy (non-hydrogen) atoms. The summed E-state index contributed by atoms with van der Waals surface area (Å²) in [6, 6.07) is 10.8. The summed E-state index contributed by atoms with van der Waals surface area (Å²) in [5.41, 5.74) is 3.08. The zero-order chi connectivity index (χ0) is 23.7. The van der Waals surface area contributed by atoms with Crippen LogP contribution in [0.25, 0.3) is 6.08 Å². The zero-order valence-corrected chi connectivity index (χ0v) is 20.0. The maximum Gasteiger partial charge on any atom is 0.344 e. The molecular weight excluding hydrogens is 476 g/mol. The zero-order valence-electron chi connectivity index (χ0n) is 18.5. The number of carbonyl (C=O) groups excluding carboxylic acids is 2. The largest absolute Gasteiger partial charge is 0.490 e. The summed E-state index contributed by atoms with van der Waals surface area (Å²) in [7, 11) is 0. The molecule has 0 saturated carbocycles. The molecule has 0 bridgehead atoms. The number of hydrogen-bond donors (Lipinski definition) is 1. The SMILES string of the molecule is CCOC(=O)COc1cc(Br)c(/C=C(\C#N)C(=O)Nc2cccc(C)c2C)cc1OCC. The molecule has 2 aromatic rings. The van der Waals surface area contributed by atoms with Crippen molar-refractivity contribution in [2.45, 2.75) is 27.7 Å². The third kappa shape index (κ3) is 6.59. The molecule has 7 nitrogen and oxygen atoms in total. The molecule has 0 aliphatic rings. The standard InChI is InChI=1S/C24H25BrN2O5/c1-5-30-21-11-17(19(25)12-22(21)32-14-23(28)31-6-2)10-18(13-26)24(29)27-20-9-7-8-15(3)16(20)4/h7-12H,5-6,14H2,1-4H3,(H,27,29)/b18-10+. The highest BCUT2D eigenvalue weighted by molar-refractivity contribution is 9.10. The Bertz CT molecular complexity index is 1070. The first kappa shape index (κ1) is 25.0. The van der Waals surface area contributed by atoms with Crippen molar-refractivity contribution in [3.05, 3.63) is 57.1 Å². The fraction of sp³-hybridized carbons (Fsp3) is 0.292. The van der Waals surface area contributed by atoms with Crippen LogP contribution in [0.1, 0.15) is 30.5 Å². The summed E-state index contributed by atoms with van der Waals surface area (Å²) in [5, 5.41) is 12.4.